The number of carbonyl (C=O) groups excluding carboxylic acids is 1. The lowest BCUT2D eigenvalue weighted by Gasteiger charge is -2.21. The van der Waals surface area contributed by atoms with E-state index in [1.165, 1.54) is 0 Å². The number of carbonyl (C=O) groups is 1. The number of amides is 1. The summed E-state index contributed by atoms with van der Waals surface area (Å²) in [7, 11) is 3.32. The van der Waals surface area contributed by atoms with Crippen LogP contribution in [0.1, 0.15) is 18.4 Å². The molecule has 1 heterocycles. The largest absolute Gasteiger partial charge is 0.496 e. The van der Waals surface area contributed by atoms with Crippen LogP contribution in [0.2, 0.25) is 0 Å². The maximum Gasteiger partial charge on any atom is 0.234 e. The van der Waals surface area contributed by atoms with E-state index in [1.54, 1.807) is 26.0 Å². The van der Waals surface area contributed by atoms with Crippen LogP contribution in [0.25, 0.3) is 6.08 Å². The first-order valence-corrected chi connectivity index (χ1v) is 7.93. The smallest absolute Gasteiger partial charge is 0.234 e. The number of thioether (sulfide) groups is 1. The van der Waals surface area contributed by atoms with Gasteiger partial charge < -0.3 is 9.47 Å². The monoisotopic (exact) mass is 308 g/mol. The average molecular weight is 308 g/mol. The van der Waals surface area contributed by atoms with E-state index in [9.17, 15) is 4.79 Å². The molecule has 1 aliphatic heterocycles. The first-order chi connectivity index (χ1) is 10.2. The Labute approximate surface area is 129 Å². The van der Waals surface area contributed by atoms with E-state index in [1.807, 2.05) is 30.5 Å². The summed E-state index contributed by atoms with van der Waals surface area (Å²) in [4.78, 5) is 12.1. The molecular weight excluding hydrogens is 288 g/mol. The van der Waals surface area contributed by atoms with Crippen molar-refractivity contribution in [1.82, 2.24) is 10.9 Å². The Morgan fingerprint density at radius 3 is 2.62 bits per heavy atom. The molecule has 0 spiro atoms. The van der Waals surface area contributed by atoms with Crippen molar-refractivity contribution >= 4 is 23.7 Å². The summed E-state index contributed by atoms with van der Waals surface area (Å²) in [5, 5.41) is 0. The molecule has 1 saturated heterocycles. The van der Waals surface area contributed by atoms with Crippen LogP contribution in [0.5, 0.6) is 11.5 Å². The Hall–Kier alpha value is -1.66. The van der Waals surface area contributed by atoms with Gasteiger partial charge in [-0.2, -0.15) is 0 Å². The molecule has 6 heteroatoms. The molecule has 1 amide bonds. The second-order valence-corrected chi connectivity index (χ2v) is 5.49. The van der Waals surface area contributed by atoms with Gasteiger partial charge in [0.15, 0.2) is 0 Å². The van der Waals surface area contributed by atoms with Crippen LogP contribution in [0.4, 0.5) is 0 Å². The molecule has 1 aromatic carbocycles. The molecule has 1 atom stereocenters. The summed E-state index contributed by atoms with van der Waals surface area (Å²) in [5.41, 5.74) is 6.55. The SMILES string of the molecule is COc1cc(SC)c(OC)cc1/C=C/C1CCC(=O)NN1. The summed E-state index contributed by atoms with van der Waals surface area (Å²) in [5.74, 6) is 1.66. The van der Waals surface area contributed by atoms with Gasteiger partial charge in [-0.3, -0.25) is 10.2 Å². The van der Waals surface area contributed by atoms with Gasteiger partial charge in [-0.05, 0) is 24.8 Å². The first-order valence-electron chi connectivity index (χ1n) is 6.70. The number of methoxy groups -OCH3 is 2. The highest BCUT2D eigenvalue weighted by Crippen LogP contribution is 2.35. The van der Waals surface area contributed by atoms with Crippen molar-refractivity contribution in [3.05, 3.63) is 23.8 Å². The highest BCUT2D eigenvalue weighted by Gasteiger charge is 2.15. The average Bonchev–Trinajstić information content (AvgIpc) is 2.53. The minimum absolute atomic E-state index is 0.0308. The van der Waals surface area contributed by atoms with Gasteiger partial charge >= 0.3 is 0 Å². The van der Waals surface area contributed by atoms with Crippen LogP contribution >= 0.6 is 11.8 Å². The molecule has 1 aliphatic rings. The van der Waals surface area contributed by atoms with E-state index in [2.05, 4.69) is 10.9 Å². The topological polar surface area (TPSA) is 59.6 Å². The standard InChI is InChI=1S/C15H20N2O3S/c1-19-12-9-14(21-3)13(20-2)8-10(12)4-5-11-6-7-15(18)17-16-11/h4-5,8-9,11,16H,6-7H2,1-3H3,(H,17,18)/b5-4+. The molecule has 2 rings (SSSR count). The fraction of sp³-hybridized carbons (Fsp3) is 0.400. The van der Waals surface area contributed by atoms with E-state index in [-0.39, 0.29) is 11.9 Å². The van der Waals surface area contributed by atoms with Gasteiger partial charge in [0.05, 0.1) is 19.1 Å². The molecule has 1 fully saturated rings. The zero-order valence-corrected chi connectivity index (χ0v) is 13.3. The minimum atomic E-state index is 0.0308. The summed E-state index contributed by atoms with van der Waals surface area (Å²) in [6.07, 6.45) is 7.33. The van der Waals surface area contributed by atoms with Crippen molar-refractivity contribution in [2.24, 2.45) is 0 Å². The van der Waals surface area contributed by atoms with Crippen molar-refractivity contribution in [2.45, 2.75) is 23.8 Å². The van der Waals surface area contributed by atoms with Gasteiger partial charge in [0.2, 0.25) is 5.91 Å². The van der Waals surface area contributed by atoms with Crippen molar-refractivity contribution in [1.29, 1.82) is 0 Å². The van der Waals surface area contributed by atoms with Crippen LogP contribution in [-0.4, -0.2) is 32.4 Å². The summed E-state index contributed by atoms with van der Waals surface area (Å²) in [6.45, 7) is 0. The van der Waals surface area contributed by atoms with E-state index < -0.39 is 0 Å². The zero-order valence-electron chi connectivity index (χ0n) is 12.4. The quantitative estimate of drug-likeness (QED) is 0.817. The van der Waals surface area contributed by atoms with Gasteiger partial charge in [0.25, 0.3) is 0 Å². The van der Waals surface area contributed by atoms with Crippen LogP contribution in [0, 0.1) is 0 Å². The maximum atomic E-state index is 11.1. The lowest BCUT2D eigenvalue weighted by molar-refractivity contribution is -0.123. The van der Waals surface area contributed by atoms with Crippen molar-refractivity contribution in [3.63, 3.8) is 0 Å². The van der Waals surface area contributed by atoms with Crippen molar-refractivity contribution in [3.8, 4) is 11.5 Å². The van der Waals surface area contributed by atoms with Gasteiger partial charge in [-0.1, -0.05) is 12.2 Å². The first kappa shape index (κ1) is 15.7. The molecule has 5 nitrogen and oxygen atoms in total. The number of rotatable bonds is 5. The molecule has 0 bridgehead atoms. The number of hydrogen-bond donors (Lipinski definition) is 2. The van der Waals surface area contributed by atoms with E-state index in [4.69, 9.17) is 9.47 Å². The van der Waals surface area contributed by atoms with Crippen LogP contribution in [0.3, 0.4) is 0 Å². The third-order valence-corrected chi connectivity index (χ3v) is 4.08. The molecule has 0 saturated carbocycles. The Kier molecular flexibility index (Phi) is 5.52. The minimum Gasteiger partial charge on any atom is -0.496 e. The Bertz CT molecular complexity index is 536. The predicted octanol–water partition coefficient (Wildman–Crippen LogP) is 2.22. The second-order valence-electron chi connectivity index (χ2n) is 4.65. The molecule has 0 radical (unpaired) electrons. The van der Waals surface area contributed by atoms with Gasteiger partial charge in [-0.25, -0.2) is 5.43 Å². The predicted molar refractivity (Wildman–Crippen MR) is 84.7 cm³/mol. The van der Waals surface area contributed by atoms with E-state index in [0.717, 1.165) is 28.4 Å². The summed E-state index contributed by atoms with van der Waals surface area (Å²) < 4.78 is 10.8. The third-order valence-electron chi connectivity index (χ3n) is 3.32. The van der Waals surface area contributed by atoms with Crippen LogP contribution in [-0.2, 0) is 4.79 Å². The molecule has 0 aromatic heterocycles. The molecule has 114 valence electrons. The lowest BCUT2D eigenvalue weighted by atomic mass is 10.1. The maximum absolute atomic E-state index is 11.1. The zero-order chi connectivity index (χ0) is 15.2. The number of nitrogens with one attached hydrogen (secondary N) is 2. The molecule has 21 heavy (non-hydrogen) atoms. The van der Waals surface area contributed by atoms with Crippen LogP contribution < -0.4 is 20.3 Å². The number of hydrazine groups is 1. The highest BCUT2D eigenvalue weighted by molar-refractivity contribution is 7.98. The Morgan fingerprint density at radius 2 is 2.05 bits per heavy atom. The Morgan fingerprint density at radius 1 is 1.29 bits per heavy atom. The van der Waals surface area contributed by atoms with Crippen molar-refractivity contribution < 1.29 is 14.3 Å². The molecule has 2 N–H and O–H groups in total. The van der Waals surface area contributed by atoms with Gasteiger partial charge in [0, 0.05) is 18.0 Å². The molecule has 1 unspecified atom stereocenters. The normalized spacial score (nSPS) is 18.6. The van der Waals surface area contributed by atoms with Crippen molar-refractivity contribution in [2.75, 3.05) is 20.5 Å². The number of ether oxygens (including phenoxy) is 2. The van der Waals surface area contributed by atoms with Gasteiger partial charge in [0.1, 0.15) is 11.5 Å². The van der Waals surface area contributed by atoms with Gasteiger partial charge in [-0.15, -0.1) is 11.8 Å². The molecule has 0 aliphatic carbocycles. The Balaban J connectivity index is 2.20. The summed E-state index contributed by atoms with van der Waals surface area (Å²) >= 11 is 1.62. The second kappa shape index (κ2) is 7.38. The molecular formula is C15H20N2O3S. The number of benzene rings is 1. The lowest BCUT2D eigenvalue weighted by Crippen LogP contribution is -2.48. The fourth-order valence-electron chi connectivity index (χ4n) is 2.14. The van der Waals surface area contributed by atoms with E-state index in [0.29, 0.717) is 6.42 Å². The van der Waals surface area contributed by atoms with E-state index >= 15 is 0 Å². The summed E-state index contributed by atoms with van der Waals surface area (Å²) in [6, 6.07) is 4.06. The molecule has 1 aromatic rings. The number of hydrogen-bond acceptors (Lipinski definition) is 5. The van der Waals surface area contributed by atoms with Crippen LogP contribution in [0.15, 0.2) is 23.1 Å². The fourth-order valence-corrected chi connectivity index (χ4v) is 2.71. The highest BCUT2D eigenvalue weighted by atomic mass is 32.2. The third kappa shape index (κ3) is 3.92.